The standard InChI is InChI=1S/C13H15NO2/c1-4-6-7-14-9-12(13(15)16)8-11(5-2)10(14)3/h2,8-9H,3-4,6-7H2,1H3,(H,15,16). The van der Waals surface area contributed by atoms with Crippen molar-refractivity contribution in [1.82, 2.24) is 4.90 Å². The summed E-state index contributed by atoms with van der Waals surface area (Å²) in [6, 6.07) is 0. The Morgan fingerprint density at radius 2 is 2.38 bits per heavy atom. The number of carbonyl (C=O) groups is 1. The zero-order valence-corrected chi connectivity index (χ0v) is 9.36. The minimum atomic E-state index is -0.971. The summed E-state index contributed by atoms with van der Waals surface area (Å²) in [6.45, 7) is 6.69. The van der Waals surface area contributed by atoms with E-state index in [0.29, 0.717) is 11.3 Å². The average Bonchev–Trinajstić information content (AvgIpc) is 2.27. The highest BCUT2D eigenvalue weighted by Crippen LogP contribution is 2.22. The maximum Gasteiger partial charge on any atom is 0.337 e. The molecule has 0 bridgehead atoms. The summed E-state index contributed by atoms with van der Waals surface area (Å²) in [7, 11) is 0. The summed E-state index contributed by atoms with van der Waals surface area (Å²) in [5.41, 5.74) is 1.44. The number of hydrogen-bond acceptors (Lipinski definition) is 2. The third kappa shape index (κ3) is 2.54. The number of allylic oxidation sites excluding steroid dienone is 1. The molecule has 3 heteroatoms. The summed E-state index contributed by atoms with van der Waals surface area (Å²) >= 11 is 0. The number of unbranched alkanes of at least 4 members (excludes halogenated alkanes) is 1. The SMILES string of the molecule is C#CC1=CC(C(=O)O)=CN(CCCC)C1=C. The van der Waals surface area contributed by atoms with Crippen LogP contribution in [0.3, 0.4) is 0 Å². The number of aliphatic carboxylic acids is 1. The number of carboxylic acid groups (broad SMARTS) is 1. The van der Waals surface area contributed by atoms with Crippen LogP contribution in [0.5, 0.6) is 0 Å². The van der Waals surface area contributed by atoms with Gasteiger partial charge in [-0.2, -0.15) is 0 Å². The lowest BCUT2D eigenvalue weighted by Crippen LogP contribution is -2.23. The summed E-state index contributed by atoms with van der Waals surface area (Å²) in [6.07, 6.45) is 10.4. The van der Waals surface area contributed by atoms with E-state index < -0.39 is 5.97 Å². The summed E-state index contributed by atoms with van der Waals surface area (Å²) in [5, 5.41) is 8.94. The zero-order chi connectivity index (χ0) is 12.1. The molecule has 0 spiro atoms. The number of nitrogens with zero attached hydrogens (tertiary/aromatic N) is 1. The molecule has 0 fully saturated rings. The Morgan fingerprint density at radius 1 is 1.69 bits per heavy atom. The van der Waals surface area contributed by atoms with Gasteiger partial charge >= 0.3 is 5.97 Å². The van der Waals surface area contributed by atoms with Crippen LogP contribution in [0, 0.1) is 12.3 Å². The molecule has 1 aliphatic rings. The molecule has 3 nitrogen and oxygen atoms in total. The zero-order valence-electron chi connectivity index (χ0n) is 9.36. The molecule has 0 atom stereocenters. The largest absolute Gasteiger partial charge is 0.478 e. The van der Waals surface area contributed by atoms with Crippen LogP contribution in [0.25, 0.3) is 0 Å². The van der Waals surface area contributed by atoms with Crippen molar-refractivity contribution < 1.29 is 9.90 Å². The van der Waals surface area contributed by atoms with Gasteiger partial charge in [-0.3, -0.25) is 0 Å². The van der Waals surface area contributed by atoms with Gasteiger partial charge < -0.3 is 10.0 Å². The van der Waals surface area contributed by atoms with Crippen molar-refractivity contribution in [3.05, 3.63) is 35.7 Å². The second-order valence-corrected chi connectivity index (χ2v) is 3.59. The maximum absolute atomic E-state index is 10.9. The Balaban J connectivity index is 2.96. The minimum Gasteiger partial charge on any atom is -0.478 e. The molecule has 0 unspecified atom stereocenters. The van der Waals surface area contributed by atoms with Gasteiger partial charge in [0.25, 0.3) is 0 Å². The van der Waals surface area contributed by atoms with E-state index in [1.807, 2.05) is 4.90 Å². The van der Waals surface area contributed by atoms with Crippen molar-refractivity contribution in [2.75, 3.05) is 6.54 Å². The number of terminal acetylenes is 1. The van der Waals surface area contributed by atoms with E-state index >= 15 is 0 Å². The predicted molar refractivity (Wildman–Crippen MR) is 63.4 cm³/mol. The molecule has 16 heavy (non-hydrogen) atoms. The van der Waals surface area contributed by atoms with E-state index in [1.165, 1.54) is 6.08 Å². The van der Waals surface area contributed by atoms with Gasteiger partial charge in [-0.1, -0.05) is 25.8 Å². The Hall–Kier alpha value is -1.95. The van der Waals surface area contributed by atoms with E-state index in [1.54, 1.807) is 6.20 Å². The minimum absolute atomic E-state index is 0.205. The van der Waals surface area contributed by atoms with Crippen LogP contribution in [0.4, 0.5) is 0 Å². The van der Waals surface area contributed by atoms with Crippen LogP contribution in [0.1, 0.15) is 19.8 Å². The molecule has 0 saturated carbocycles. The lowest BCUT2D eigenvalue weighted by atomic mass is 10.0. The molecule has 1 rings (SSSR count). The predicted octanol–water partition coefficient (Wildman–Crippen LogP) is 2.14. The molecule has 0 amide bonds. The third-order valence-corrected chi connectivity index (χ3v) is 2.41. The Kier molecular flexibility index (Phi) is 3.96. The van der Waals surface area contributed by atoms with Crippen molar-refractivity contribution in [3.63, 3.8) is 0 Å². The molecule has 0 radical (unpaired) electrons. The average molecular weight is 217 g/mol. The van der Waals surface area contributed by atoms with E-state index in [0.717, 1.165) is 19.4 Å². The monoisotopic (exact) mass is 217 g/mol. The molecule has 84 valence electrons. The van der Waals surface area contributed by atoms with Crippen molar-refractivity contribution >= 4 is 5.97 Å². The second-order valence-electron chi connectivity index (χ2n) is 3.59. The topological polar surface area (TPSA) is 40.5 Å². The summed E-state index contributed by atoms with van der Waals surface area (Å²) < 4.78 is 0. The Morgan fingerprint density at radius 3 is 2.88 bits per heavy atom. The van der Waals surface area contributed by atoms with Crippen LogP contribution >= 0.6 is 0 Å². The van der Waals surface area contributed by atoms with Crippen LogP contribution in [0.15, 0.2) is 35.7 Å². The van der Waals surface area contributed by atoms with E-state index in [4.69, 9.17) is 11.5 Å². The van der Waals surface area contributed by atoms with E-state index in [-0.39, 0.29) is 5.57 Å². The first-order chi connectivity index (χ1) is 7.60. The van der Waals surface area contributed by atoms with Gasteiger partial charge in [-0.15, -0.1) is 6.42 Å². The van der Waals surface area contributed by atoms with Crippen LogP contribution in [0.2, 0.25) is 0 Å². The lowest BCUT2D eigenvalue weighted by Gasteiger charge is -2.26. The van der Waals surface area contributed by atoms with E-state index in [9.17, 15) is 4.79 Å². The van der Waals surface area contributed by atoms with Crippen molar-refractivity contribution in [3.8, 4) is 12.3 Å². The molecule has 0 aliphatic carbocycles. The molecular formula is C13H15NO2. The molecule has 0 aromatic carbocycles. The molecule has 1 N–H and O–H groups in total. The summed E-state index contributed by atoms with van der Waals surface area (Å²) in [5.74, 6) is 1.49. The molecule has 1 aliphatic heterocycles. The third-order valence-electron chi connectivity index (χ3n) is 2.41. The van der Waals surface area contributed by atoms with Crippen molar-refractivity contribution in [2.24, 2.45) is 0 Å². The summed E-state index contributed by atoms with van der Waals surface area (Å²) in [4.78, 5) is 12.7. The van der Waals surface area contributed by atoms with Gasteiger partial charge in [0.15, 0.2) is 0 Å². The molecule has 0 aromatic heterocycles. The smallest absolute Gasteiger partial charge is 0.337 e. The van der Waals surface area contributed by atoms with Gasteiger partial charge in [0.05, 0.1) is 5.57 Å². The quantitative estimate of drug-likeness (QED) is 0.733. The van der Waals surface area contributed by atoms with Crippen molar-refractivity contribution in [1.29, 1.82) is 0 Å². The lowest BCUT2D eigenvalue weighted by molar-refractivity contribution is -0.132. The highest BCUT2D eigenvalue weighted by Gasteiger charge is 2.18. The van der Waals surface area contributed by atoms with Crippen molar-refractivity contribution in [2.45, 2.75) is 19.8 Å². The highest BCUT2D eigenvalue weighted by atomic mass is 16.4. The number of rotatable bonds is 4. The Labute approximate surface area is 95.8 Å². The van der Waals surface area contributed by atoms with Crippen LogP contribution in [-0.2, 0) is 4.79 Å². The fraction of sp³-hybridized carbons (Fsp3) is 0.308. The fourth-order valence-electron chi connectivity index (χ4n) is 1.45. The van der Waals surface area contributed by atoms with Crippen LogP contribution < -0.4 is 0 Å². The number of carboxylic acids is 1. The number of hydrogen-bond donors (Lipinski definition) is 1. The van der Waals surface area contributed by atoms with Gasteiger partial charge in [0.2, 0.25) is 0 Å². The Bertz CT molecular complexity index is 410. The maximum atomic E-state index is 10.9. The molecule has 1 heterocycles. The first-order valence-corrected chi connectivity index (χ1v) is 5.19. The fourth-order valence-corrected chi connectivity index (χ4v) is 1.45. The van der Waals surface area contributed by atoms with E-state index in [2.05, 4.69) is 19.4 Å². The molecule has 0 aromatic rings. The van der Waals surface area contributed by atoms with Gasteiger partial charge in [-0.25, -0.2) is 4.79 Å². The first kappa shape index (κ1) is 12.1. The van der Waals surface area contributed by atoms with Gasteiger partial charge in [-0.05, 0) is 12.5 Å². The highest BCUT2D eigenvalue weighted by molar-refractivity contribution is 5.91. The second kappa shape index (κ2) is 5.22. The molecule has 0 saturated heterocycles. The normalized spacial score (nSPS) is 15.2. The first-order valence-electron chi connectivity index (χ1n) is 5.19. The van der Waals surface area contributed by atoms with Crippen LogP contribution in [-0.4, -0.2) is 22.5 Å². The molecular weight excluding hydrogens is 202 g/mol. The van der Waals surface area contributed by atoms with Gasteiger partial charge in [0.1, 0.15) is 0 Å². The van der Waals surface area contributed by atoms with Gasteiger partial charge in [0, 0.05) is 24.0 Å².